The molecule has 0 spiro atoms. The van der Waals surface area contributed by atoms with E-state index in [1.807, 2.05) is 0 Å². The average Bonchev–Trinajstić information content (AvgIpc) is 3.59. The van der Waals surface area contributed by atoms with Gasteiger partial charge in [-0.1, -0.05) is 211 Å². The van der Waals surface area contributed by atoms with Gasteiger partial charge in [0.1, 0.15) is 0 Å². The Hall–Kier alpha value is -7.22. The van der Waals surface area contributed by atoms with Crippen molar-refractivity contribution in [2.75, 3.05) is 4.90 Å². The Morgan fingerprint density at radius 2 is 0.818 bits per heavy atom. The van der Waals surface area contributed by atoms with Gasteiger partial charge in [0, 0.05) is 22.4 Å². The van der Waals surface area contributed by atoms with Gasteiger partial charge in [0.05, 0.1) is 5.69 Å². The second kappa shape index (κ2) is 16.0. The van der Waals surface area contributed by atoms with Crippen molar-refractivity contribution in [3.63, 3.8) is 0 Å². The lowest BCUT2D eigenvalue weighted by Crippen LogP contribution is -2.34. The van der Waals surface area contributed by atoms with Crippen LogP contribution in [0.3, 0.4) is 0 Å². The number of hydrogen-bond donors (Lipinski definition) is 0. The van der Waals surface area contributed by atoms with Gasteiger partial charge in [-0.05, 0) is 150 Å². The molecule has 0 atom stereocenters. The van der Waals surface area contributed by atoms with Gasteiger partial charge in [-0.25, -0.2) is 0 Å². The molecule has 0 bridgehead atoms. The highest BCUT2D eigenvalue weighted by molar-refractivity contribution is 5.98. The fourth-order valence-electron chi connectivity index (χ4n) is 11.1. The Kier molecular flexibility index (Phi) is 10.1. The number of hydrogen-bond acceptors (Lipinski definition) is 1. The highest BCUT2D eigenvalue weighted by atomic mass is 15.1. The highest BCUT2D eigenvalue weighted by Gasteiger charge is 2.43. The van der Waals surface area contributed by atoms with E-state index in [4.69, 9.17) is 0 Å². The summed E-state index contributed by atoms with van der Waals surface area (Å²) in [5.74, 6) is 0. The van der Waals surface area contributed by atoms with Crippen LogP contribution in [-0.4, -0.2) is 0 Å². The second-order valence-electron chi connectivity index (χ2n) is 20.4. The van der Waals surface area contributed by atoms with Gasteiger partial charge in [-0.3, -0.25) is 0 Å². The van der Waals surface area contributed by atoms with E-state index in [2.05, 4.69) is 259 Å². The van der Waals surface area contributed by atoms with E-state index in [0.717, 1.165) is 17.1 Å². The van der Waals surface area contributed by atoms with E-state index in [-0.39, 0.29) is 16.2 Å². The van der Waals surface area contributed by atoms with Crippen LogP contribution in [-0.2, 0) is 16.2 Å². The summed E-state index contributed by atoms with van der Waals surface area (Å²) in [6.45, 7) is 14.7. The largest absolute Gasteiger partial charge is 0.310 e. The summed E-state index contributed by atoms with van der Waals surface area (Å²) >= 11 is 0. The minimum absolute atomic E-state index is 0.120. The number of nitrogens with zero attached hydrogens (tertiary/aromatic N) is 1. The van der Waals surface area contributed by atoms with Crippen molar-refractivity contribution in [3.05, 3.63) is 235 Å². The summed E-state index contributed by atoms with van der Waals surface area (Å²) < 4.78 is 0. The molecule has 0 aromatic heterocycles. The van der Waals surface area contributed by atoms with Gasteiger partial charge in [-0.15, -0.1) is 0 Å². The molecule has 1 nitrogen and oxygen atoms in total. The van der Waals surface area contributed by atoms with Gasteiger partial charge in [0.2, 0.25) is 0 Å². The highest BCUT2D eigenvalue weighted by Crippen LogP contribution is 2.57. The number of fused-ring (bicyclic) bond motifs is 4. The SMILES string of the molecule is CC1(C)CCC(C)(C)c2cc3c(cc21)-c1c(-c2ccccc2-c2cccc(N(c4ccc(-c5ccccc5)cc4)c4ccc(-c5ccccc5)cc4-c4ccccc4)c2)cccc1C3(C)C. The van der Waals surface area contributed by atoms with Crippen LogP contribution in [0.2, 0.25) is 0 Å². The molecular formula is C65H57N. The Labute approximate surface area is 392 Å². The third-order valence-electron chi connectivity index (χ3n) is 15.0. The molecule has 1 heteroatoms. The maximum Gasteiger partial charge on any atom is 0.0540 e. The van der Waals surface area contributed by atoms with Crippen LogP contribution < -0.4 is 4.90 Å². The van der Waals surface area contributed by atoms with Crippen LogP contribution in [0.15, 0.2) is 212 Å². The summed E-state index contributed by atoms with van der Waals surface area (Å²) in [5, 5.41) is 0. The quantitative estimate of drug-likeness (QED) is 0.147. The van der Waals surface area contributed by atoms with Crippen molar-refractivity contribution < 1.29 is 0 Å². The molecule has 0 unspecified atom stereocenters. The molecule has 9 aromatic carbocycles. The lowest BCUT2D eigenvalue weighted by atomic mass is 9.62. The van der Waals surface area contributed by atoms with Crippen molar-refractivity contribution in [1.29, 1.82) is 0 Å². The number of benzene rings is 9. The molecule has 0 saturated heterocycles. The van der Waals surface area contributed by atoms with E-state index in [9.17, 15) is 0 Å². The van der Waals surface area contributed by atoms with Gasteiger partial charge >= 0.3 is 0 Å². The van der Waals surface area contributed by atoms with E-state index < -0.39 is 0 Å². The van der Waals surface area contributed by atoms with E-state index in [1.165, 1.54) is 102 Å². The van der Waals surface area contributed by atoms with Crippen molar-refractivity contribution in [2.45, 2.75) is 70.6 Å². The zero-order chi connectivity index (χ0) is 45.2. The van der Waals surface area contributed by atoms with Crippen molar-refractivity contribution >= 4 is 17.1 Å². The van der Waals surface area contributed by atoms with Crippen molar-refractivity contribution in [2.24, 2.45) is 0 Å². The summed E-state index contributed by atoms with van der Waals surface area (Å²) in [7, 11) is 0. The summed E-state index contributed by atoms with van der Waals surface area (Å²) in [6, 6.07) is 78.7. The van der Waals surface area contributed by atoms with Crippen LogP contribution in [0, 0.1) is 0 Å². The summed E-state index contributed by atoms with van der Waals surface area (Å²) in [4.78, 5) is 2.45. The van der Waals surface area contributed by atoms with E-state index in [1.54, 1.807) is 0 Å². The summed E-state index contributed by atoms with van der Waals surface area (Å²) in [6.07, 6.45) is 2.40. The molecule has 322 valence electrons. The smallest absolute Gasteiger partial charge is 0.0540 e. The molecule has 0 fully saturated rings. The molecule has 0 N–H and O–H groups in total. The number of anilines is 3. The lowest BCUT2D eigenvalue weighted by molar-refractivity contribution is 0.331. The van der Waals surface area contributed by atoms with Crippen molar-refractivity contribution in [3.8, 4) is 66.8 Å². The fourth-order valence-corrected chi connectivity index (χ4v) is 11.1. The first-order valence-electron chi connectivity index (χ1n) is 23.7. The molecular weight excluding hydrogens is 795 g/mol. The van der Waals surface area contributed by atoms with Gasteiger partial charge in [-0.2, -0.15) is 0 Å². The maximum absolute atomic E-state index is 2.60. The lowest BCUT2D eigenvalue weighted by Gasteiger charge is -2.42. The van der Waals surface area contributed by atoms with Crippen LogP contribution in [0.5, 0.6) is 0 Å². The Morgan fingerprint density at radius 1 is 0.303 bits per heavy atom. The molecule has 11 rings (SSSR count). The predicted molar refractivity (Wildman–Crippen MR) is 281 cm³/mol. The molecule has 0 amide bonds. The zero-order valence-electron chi connectivity index (χ0n) is 39.1. The van der Waals surface area contributed by atoms with Crippen LogP contribution in [0.4, 0.5) is 17.1 Å². The molecule has 0 saturated carbocycles. The Bertz CT molecular complexity index is 3240. The van der Waals surface area contributed by atoms with Gasteiger partial charge in [0.25, 0.3) is 0 Å². The third kappa shape index (κ3) is 7.10. The first kappa shape index (κ1) is 41.5. The molecule has 0 heterocycles. The van der Waals surface area contributed by atoms with Gasteiger partial charge in [0.15, 0.2) is 0 Å². The van der Waals surface area contributed by atoms with Crippen LogP contribution in [0.25, 0.3) is 66.8 Å². The average molecular weight is 852 g/mol. The first-order valence-corrected chi connectivity index (χ1v) is 23.7. The second-order valence-corrected chi connectivity index (χ2v) is 20.4. The molecule has 9 aromatic rings. The van der Waals surface area contributed by atoms with Gasteiger partial charge < -0.3 is 4.90 Å². The molecule has 2 aliphatic carbocycles. The van der Waals surface area contributed by atoms with E-state index in [0.29, 0.717) is 0 Å². The number of rotatable bonds is 8. The normalized spacial score (nSPS) is 15.1. The fraction of sp³-hybridized carbons (Fsp3) is 0.169. The Morgan fingerprint density at radius 3 is 1.48 bits per heavy atom. The van der Waals surface area contributed by atoms with Crippen molar-refractivity contribution in [1.82, 2.24) is 0 Å². The molecule has 2 aliphatic rings. The van der Waals surface area contributed by atoms with Crippen LogP contribution >= 0.6 is 0 Å². The molecule has 0 radical (unpaired) electrons. The monoisotopic (exact) mass is 851 g/mol. The first-order chi connectivity index (χ1) is 32.0. The molecule has 66 heavy (non-hydrogen) atoms. The topological polar surface area (TPSA) is 3.24 Å². The standard InChI is InChI=1S/C65H57N/c1-63(2)38-39-64(3,4)60-43-58-56(42-59(60)63)62-54(30-19-31-57(62)65(58,5)6)53-29-17-16-28-52(53)49-26-18-27-51(40-49)66(50-35-32-46(33-36-50)44-20-10-7-11-21-44)61-37-34-48(45-22-12-8-13-23-45)41-55(61)47-24-14-9-15-25-47/h7-37,40-43H,38-39H2,1-6H3. The summed E-state index contributed by atoms with van der Waals surface area (Å²) in [5.41, 5.74) is 24.2. The Balaban J connectivity index is 1.08. The minimum atomic E-state index is -0.120. The third-order valence-corrected chi connectivity index (χ3v) is 15.0. The predicted octanol–water partition coefficient (Wildman–Crippen LogP) is 18.1. The van der Waals surface area contributed by atoms with E-state index >= 15 is 0 Å². The van der Waals surface area contributed by atoms with Crippen LogP contribution in [0.1, 0.15) is 76.6 Å². The zero-order valence-corrected chi connectivity index (χ0v) is 39.1. The molecule has 0 aliphatic heterocycles. The maximum atomic E-state index is 2.60. The minimum Gasteiger partial charge on any atom is -0.310 e.